The number of carbonyl (C=O) groups excluding carboxylic acids is 2. The first-order valence-electron chi connectivity index (χ1n) is 5.31. The van der Waals surface area contributed by atoms with Crippen molar-refractivity contribution in [2.75, 3.05) is 0 Å². The highest BCUT2D eigenvalue weighted by Crippen LogP contribution is 2.28. The number of aldehydes is 1. The van der Waals surface area contributed by atoms with Crippen LogP contribution in [0.4, 0.5) is 0 Å². The van der Waals surface area contributed by atoms with Crippen molar-refractivity contribution in [3.05, 3.63) is 48.0 Å². The number of benzene rings is 1. The van der Waals surface area contributed by atoms with Crippen LogP contribution in [0.25, 0.3) is 0 Å². The first-order valence-corrected chi connectivity index (χ1v) is 5.31. The van der Waals surface area contributed by atoms with Gasteiger partial charge in [-0.2, -0.15) is 0 Å². The molecular weight excluding hydrogens is 200 g/mol. The zero-order valence-electron chi connectivity index (χ0n) is 9.69. The topological polar surface area (TPSA) is 34.1 Å². The van der Waals surface area contributed by atoms with Crippen molar-refractivity contribution >= 4 is 12.1 Å². The van der Waals surface area contributed by atoms with Crippen LogP contribution in [-0.4, -0.2) is 12.1 Å². The Morgan fingerprint density at radius 2 is 2.06 bits per heavy atom. The lowest BCUT2D eigenvalue weighted by molar-refractivity contribution is 0.0861. The molecule has 0 aromatic heterocycles. The lowest BCUT2D eigenvalue weighted by atomic mass is 9.79. The molecule has 0 saturated carbocycles. The van der Waals surface area contributed by atoms with Gasteiger partial charge in [0.1, 0.15) is 0 Å². The van der Waals surface area contributed by atoms with Gasteiger partial charge in [0.05, 0.1) is 0 Å². The molecular formula is C14H16O2. The monoisotopic (exact) mass is 216 g/mol. The second-order valence-corrected chi connectivity index (χ2v) is 4.01. The number of carbonyl (C=O) groups is 2. The van der Waals surface area contributed by atoms with E-state index in [0.717, 1.165) is 0 Å². The largest absolute Gasteiger partial charge is 0.298 e. The van der Waals surface area contributed by atoms with E-state index in [4.69, 9.17) is 0 Å². The third kappa shape index (κ3) is 2.11. The molecule has 0 bridgehead atoms. The maximum atomic E-state index is 12.3. The molecule has 0 N–H and O–H groups in total. The maximum Gasteiger partial charge on any atom is 0.173 e. The SMILES string of the molecule is C=CC(C)(CC)C(=O)c1ccccc1C=O. The zero-order valence-corrected chi connectivity index (χ0v) is 9.69. The molecule has 2 heteroatoms. The Morgan fingerprint density at radius 3 is 2.56 bits per heavy atom. The van der Waals surface area contributed by atoms with Crippen molar-refractivity contribution in [2.45, 2.75) is 20.3 Å². The summed E-state index contributed by atoms with van der Waals surface area (Å²) in [4.78, 5) is 23.1. The summed E-state index contributed by atoms with van der Waals surface area (Å²) in [6.45, 7) is 7.47. The Bertz CT molecular complexity index is 420. The van der Waals surface area contributed by atoms with Gasteiger partial charge in [0.15, 0.2) is 12.1 Å². The Balaban J connectivity index is 3.23. The first-order chi connectivity index (χ1) is 7.59. The number of hydrogen-bond acceptors (Lipinski definition) is 2. The van der Waals surface area contributed by atoms with Crippen molar-refractivity contribution in [3.8, 4) is 0 Å². The molecule has 16 heavy (non-hydrogen) atoms. The molecule has 0 aliphatic rings. The molecule has 1 rings (SSSR count). The van der Waals surface area contributed by atoms with Crippen molar-refractivity contribution in [1.29, 1.82) is 0 Å². The van der Waals surface area contributed by atoms with E-state index in [-0.39, 0.29) is 5.78 Å². The summed E-state index contributed by atoms with van der Waals surface area (Å²) in [5.41, 5.74) is 0.315. The molecule has 2 nitrogen and oxygen atoms in total. The van der Waals surface area contributed by atoms with E-state index in [9.17, 15) is 9.59 Å². The molecule has 0 saturated heterocycles. The number of rotatable bonds is 5. The summed E-state index contributed by atoms with van der Waals surface area (Å²) < 4.78 is 0. The zero-order chi connectivity index (χ0) is 12.2. The van der Waals surface area contributed by atoms with Gasteiger partial charge in [-0.25, -0.2) is 0 Å². The quantitative estimate of drug-likeness (QED) is 0.430. The van der Waals surface area contributed by atoms with Gasteiger partial charge in [-0.3, -0.25) is 9.59 Å². The Morgan fingerprint density at radius 1 is 1.44 bits per heavy atom. The Labute approximate surface area is 96.0 Å². The van der Waals surface area contributed by atoms with E-state index in [2.05, 4.69) is 6.58 Å². The van der Waals surface area contributed by atoms with Crippen LogP contribution in [0, 0.1) is 5.41 Å². The molecule has 0 aliphatic carbocycles. The van der Waals surface area contributed by atoms with Crippen LogP contribution in [0.1, 0.15) is 41.0 Å². The predicted octanol–water partition coefficient (Wildman–Crippen LogP) is 3.28. The average molecular weight is 216 g/mol. The standard InChI is InChI=1S/C14H16O2/c1-4-14(3,5-2)13(16)12-9-7-6-8-11(12)10-15/h4,6-10H,1,5H2,2-3H3. The molecule has 0 aliphatic heterocycles. The number of hydrogen-bond donors (Lipinski definition) is 0. The summed E-state index contributed by atoms with van der Waals surface area (Å²) in [6, 6.07) is 6.85. The van der Waals surface area contributed by atoms with Crippen LogP contribution in [0.5, 0.6) is 0 Å². The molecule has 0 fully saturated rings. The molecule has 0 spiro atoms. The van der Waals surface area contributed by atoms with Gasteiger partial charge >= 0.3 is 0 Å². The molecule has 1 atom stereocenters. The van der Waals surface area contributed by atoms with Gasteiger partial charge in [-0.1, -0.05) is 37.3 Å². The normalized spacial score (nSPS) is 13.9. The molecule has 1 unspecified atom stereocenters. The Hall–Kier alpha value is -1.70. The van der Waals surface area contributed by atoms with Crippen LogP contribution < -0.4 is 0 Å². The lowest BCUT2D eigenvalue weighted by Crippen LogP contribution is -2.25. The lowest BCUT2D eigenvalue weighted by Gasteiger charge is -2.22. The van der Waals surface area contributed by atoms with Crippen LogP contribution in [-0.2, 0) is 0 Å². The summed E-state index contributed by atoms with van der Waals surface area (Å²) in [6.07, 6.45) is 3.03. The first kappa shape index (κ1) is 12.4. The minimum atomic E-state index is -0.598. The molecule has 1 aromatic rings. The van der Waals surface area contributed by atoms with Gasteiger partial charge < -0.3 is 0 Å². The fraction of sp³-hybridized carbons (Fsp3) is 0.286. The Kier molecular flexibility index (Phi) is 3.78. The van der Waals surface area contributed by atoms with Crippen LogP contribution in [0.3, 0.4) is 0 Å². The minimum absolute atomic E-state index is 0.0484. The number of allylic oxidation sites excluding steroid dienone is 1. The maximum absolute atomic E-state index is 12.3. The summed E-state index contributed by atoms with van der Waals surface area (Å²) in [5.74, 6) is -0.0484. The third-order valence-electron chi connectivity index (χ3n) is 3.04. The second-order valence-electron chi connectivity index (χ2n) is 4.01. The van der Waals surface area contributed by atoms with Crippen molar-refractivity contribution in [3.63, 3.8) is 0 Å². The molecule has 0 heterocycles. The molecule has 1 aromatic carbocycles. The molecule has 0 radical (unpaired) electrons. The highest BCUT2D eigenvalue weighted by Gasteiger charge is 2.29. The molecule has 84 valence electrons. The van der Waals surface area contributed by atoms with Crippen molar-refractivity contribution in [2.24, 2.45) is 5.41 Å². The third-order valence-corrected chi connectivity index (χ3v) is 3.04. The van der Waals surface area contributed by atoms with Gasteiger partial charge in [-0.15, -0.1) is 6.58 Å². The fourth-order valence-electron chi connectivity index (χ4n) is 1.51. The average Bonchev–Trinajstić information content (AvgIpc) is 2.36. The van der Waals surface area contributed by atoms with E-state index in [1.807, 2.05) is 13.8 Å². The van der Waals surface area contributed by atoms with Gasteiger partial charge in [0, 0.05) is 16.5 Å². The summed E-state index contributed by atoms with van der Waals surface area (Å²) in [7, 11) is 0. The summed E-state index contributed by atoms with van der Waals surface area (Å²) >= 11 is 0. The highest BCUT2D eigenvalue weighted by atomic mass is 16.1. The highest BCUT2D eigenvalue weighted by molar-refractivity contribution is 6.06. The van der Waals surface area contributed by atoms with Gasteiger partial charge in [0.25, 0.3) is 0 Å². The van der Waals surface area contributed by atoms with E-state index < -0.39 is 5.41 Å². The van der Waals surface area contributed by atoms with Crippen LogP contribution >= 0.6 is 0 Å². The van der Waals surface area contributed by atoms with E-state index in [1.165, 1.54) is 0 Å². The summed E-state index contributed by atoms with van der Waals surface area (Å²) in [5, 5.41) is 0. The van der Waals surface area contributed by atoms with Gasteiger partial charge in [-0.05, 0) is 13.3 Å². The second kappa shape index (κ2) is 4.88. The van der Waals surface area contributed by atoms with E-state index >= 15 is 0 Å². The number of Topliss-reactive ketones (excluding diaryl/α,β-unsaturated/α-hetero) is 1. The van der Waals surface area contributed by atoms with Crippen molar-refractivity contribution < 1.29 is 9.59 Å². The number of ketones is 1. The fourth-order valence-corrected chi connectivity index (χ4v) is 1.51. The van der Waals surface area contributed by atoms with E-state index in [0.29, 0.717) is 23.8 Å². The smallest absolute Gasteiger partial charge is 0.173 e. The molecule has 0 amide bonds. The van der Waals surface area contributed by atoms with Crippen LogP contribution in [0.15, 0.2) is 36.9 Å². The van der Waals surface area contributed by atoms with Crippen molar-refractivity contribution in [1.82, 2.24) is 0 Å². The van der Waals surface area contributed by atoms with Crippen LogP contribution in [0.2, 0.25) is 0 Å². The van der Waals surface area contributed by atoms with Gasteiger partial charge in [0.2, 0.25) is 0 Å². The predicted molar refractivity (Wildman–Crippen MR) is 64.8 cm³/mol. The van der Waals surface area contributed by atoms with E-state index in [1.54, 1.807) is 30.3 Å². The minimum Gasteiger partial charge on any atom is -0.298 e.